The zero-order chi connectivity index (χ0) is 20.5. The summed E-state index contributed by atoms with van der Waals surface area (Å²) in [7, 11) is 1.40. The molecule has 1 saturated carbocycles. The Hall–Kier alpha value is -1.04. The monoisotopic (exact) mass is 414 g/mol. The Labute approximate surface area is 173 Å². The summed E-state index contributed by atoms with van der Waals surface area (Å²) in [5.74, 6) is 1.87. The van der Waals surface area contributed by atoms with Crippen LogP contribution in [0.2, 0.25) is 0 Å². The number of fused-ring (bicyclic) bond motifs is 1. The molecule has 0 radical (unpaired) electrons. The minimum atomic E-state index is -0.503. The Balaban J connectivity index is 1.83. The smallest absolute Gasteiger partial charge is 0.305 e. The number of aliphatic hydroxyl groups excluding tert-OH is 2. The summed E-state index contributed by atoms with van der Waals surface area (Å²) >= 11 is 5.71. The molecule has 1 aliphatic carbocycles. The fourth-order valence-electron chi connectivity index (χ4n) is 4.16. The number of alkyl halides is 1. The molecule has 6 heteroatoms. The molecule has 0 aromatic rings. The van der Waals surface area contributed by atoms with Crippen LogP contribution in [0, 0.1) is 17.8 Å². The fourth-order valence-corrected chi connectivity index (χ4v) is 4.35. The van der Waals surface area contributed by atoms with Crippen LogP contribution in [-0.4, -0.2) is 47.5 Å². The third-order valence-electron chi connectivity index (χ3n) is 5.97. The largest absolute Gasteiger partial charge is 0.495 e. The van der Waals surface area contributed by atoms with Crippen LogP contribution < -0.4 is 0 Å². The van der Waals surface area contributed by atoms with E-state index in [0.29, 0.717) is 18.7 Å². The van der Waals surface area contributed by atoms with Crippen molar-refractivity contribution in [2.75, 3.05) is 13.0 Å². The minimum absolute atomic E-state index is 0.00987. The number of allylic oxidation sites excluding steroid dienone is 2. The first-order chi connectivity index (χ1) is 13.5. The van der Waals surface area contributed by atoms with E-state index in [1.165, 1.54) is 7.11 Å². The van der Waals surface area contributed by atoms with Crippen molar-refractivity contribution < 1.29 is 24.5 Å². The van der Waals surface area contributed by atoms with Gasteiger partial charge in [0.15, 0.2) is 0 Å². The maximum Gasteiger partial charge on any atom is 0.305 e. The van der Waals surface area contributed by atoms with Crippen molar-refractivity contribution in [3.05, 3.63) is 24.0 Å². The van der Waals surface area contributed by atoms with E-state index in [1.807, 2.05) is 19.1 Å². The van der Waals surface area contributed by atoms with Gasteiger partial charge in [-0.05, 0) is 37.7 Å². The molecule has 2 aliphatic rings. The van der Waals surface area contributed by atoms with Gasteiger partial charge in [-0.3, -0.25) is 4.79 Å². The highest BCUT2D eigenvalue weighted by Crippen LogP contribution is 2.45. The average molecular weight is 415 g/mol. The number of methoxy groups -OCH3 is 1. The van der Waals surface area contributed by atoms with E-state index < -0.39 is 12.2 Å². The first-order valence-electron chi connectivity index (χ1n) is 10.5. The lowest BCUT2D eigenvalue weighted by molar-refractivity contribution is -0.140. The summed E-state index contributed by atoms with van der Waals surface area (Å²) in [5, 5.41) is 20.8. The van der Waals surface area contributed by atoms with Crippen LogP contribution in [0.25, 0.3) is 0 Å². The SMILES string of the molecule is COC(=O)CCCC=C1C[C@@H]2[C@@H](C=C[C@@H](O)C(C)CCCCCl)[C@H](O)C[C@H]2O1. The van der Waals surface area contributed by atoms with Crippen molar-refractivity contribution in [3.8, 4) is 0 Å². The van der Waals surface area contributed by atoms with Gasteiger partial charge < -0.3 is 19.7 Å². The average Bonchev–Trinajstić information content (AvgIpc) is 3.19. The molecule has 2 N–H and O–H groups in total. The minimum Gasteiger partial charge on any atom is -0.495 e. The maximum atomic E-state index is 11.2. The number of aliphatic hydroxyl groups is 2. The van der Waals surface area contributed by atoms with E-state index in [9.17, 15) is 15.0 Å². The van der Waals surface area contributed by atoms with Crippen LogP contribution in [0.15, 0.2) is 24.0 Å². The Bertz CT molecular complexity index is 547. The standard InChI is InChI=1S/C22H35ClO5/c1-15(7-5-6-12-23)19(24)11-10-17-18-13-16(28-21(18)14-20(17)25)8-3-4-9-22(26)27-2/h8,10-11,15,17-21,24-25H,3-7,9,12-14H2,1-2H3/t15?,17-,18-,19-,20-,21-/m1/s1. The Morgan fingerprint density at radius 2 is 2.18 bits per heavy atom. The lowest BCUT2D eigenvalue weighted by Crippen LogP contribution is -2.20. The second-order valence-corrected chi connectivity index (χ2v) is 8.46. The van der Waals surface area contributed by atoms with Gasteiger partial charge in [-0.2, -0.15) is 0 Å². The van der Waals surface area contributed by atoms with Crippen molar-refractivity contribution in [1.29, 1.82) is 0 Å². The lowest BCUT2D eigenvalue weighted by atomic mass is 9.89. The van der Waals surface area contributed by atoms with E-state index >= 15 is 0 Å². The summed E-state index contributed by atoms with van der Waals surface area (Å²) in [6.07, 6.45) is 11.3. The van der Waals surface area contributed by atoms with Gasteiger partial charge in [0.25, 0.3) is 0 Å². The van der Waals surface area contributed by atoms with Gasteiger partial charge in [-0.1, -0.05) is 25.5 Å². The molecule has 0 bridgehead atoms. The quantitative estimate of drug-likeness (QED) is 0.231. The first kappa shape index (κ1) is 23.2. The van der Waals surface area contributed by atoms with Gasteiger partial charge in [-0.25, -0.2) is 0 Å². The molecule has 0 aromatic carbocycles. The number of halogens is 1. The van der Waals surface area contributed by atoms with Gasteiger partial charge in [0, 0.05) is 37.0 Å². The van der Waals surface area contributed by atoms with Crippen LogP contribution in [0.5, 0.6) is 0 Å². The number of rotatable bonds is 11. The Morgan fingerprint density at radius 3 is 2.89 bits per heavy atom. The van der Waals surface area contributed by atoms with Crippen molar-refractivity contribution >= 4 is 17.6 Å². The zero-order valence-corrected chi connectivity index (χ0v) is 17.8. The maximum absolute atomic E-state index is 11.2. The topological polar surface area (TPSA) is 76.0 Å². The van der Waals surface area contributed by atoms with Gasteiger partial charge in [-0.15, -0.1) is 11.6 Å². The van der Waals surface area contributed by atoms with Crippen molar-refractivity contribution in [1.82, 2.24) is 0 Å². The molecule has 160 valence electrons. The summed E-state index contributed by atoms with van der Waals surface area (Å²) in [5.41, 5.74) is 0. The second kappa shape index (κ2) is 11.8. The Kier molecular flexibility index (Phi) is 9.83. The molecular formula is C22H35ClO5. The zero-order valence-electron chi connectivity index (χ0n) is 17.1. The molecule has 28 heavy (non-hydrogen) atoms. The van der Waals surface area contributed by atoms with Gasteiger partial charge in [0.1, 0.15) is 6.10 Å². The van der Waals surface area contributed by atoms with Crippen molar-refractivity contribution in [3.63, 3.8) is 0 Å². The molecule has 1 saturated heterocycles. The van der Waals surface area contributed by atoms with E-state index in [4.69, 9.17) is 16.3 Å². The molecule has 1 unspecified atom stereocenters. The molecule has 0 amide bonds. The molecule has 1 heterocycles. The predicted octanol–water partition coefficient (Wildman–Crippen LogP) is 3.96. The van der Waals surface area contributed by atoms with Gasteiger partial charge in [0.05, 0.1) is 25.1 Å². The fraction of sp³-hybridized carbons (Fsp3) is 0.773. The molecule has 5 nitrogen and oxygen atoms in total. The molecule has 6 atom stereocenters. The van der Waals surface area contributed by atoms with E-state index in [2.05, 4.69) is 10.8 Å². The van der Waals surface area contributed by atoms with Crippen LogP contribution in [0.4, 0.5) is 0 Å². The summed E-state index contributed by atoms with van der Waals surface area (Å²) in [6.45, 7) is 2.05. The molecule has 1 aliphatic heterocycles. The highest BCUT2D eigenvalue weighted by Gasteiger charge is 2.47. The van der Waals surface area contributed by atoms with Gasteiger partial charge >= 0.3 is 5.97 Å². The van der Waals surface area contributed by atoms with E-state index in [0.717, 1.165) is 44.3 Å². The summed E-state index contributed by atoms with van der Waals surface area (Å²) in [6, 6.07) is 0. The van der Waals surface area contributed by atoms with Crippen LogP contribution in [-0.2, 0) is 14.3 Å². The number of hydrogen-bond acceptors (Lipinski definition) is 5. The summed E-state index contributed by atoms with van der Waals surface area (Å²) < 4.78 is 10.7. The van der Waals surface area contributed by atoms with E-state index in [-0.39, 0.29) is 29.8 Å². The lowest BCUT2D eigenvalue weighted by Gasteiger charge is -2.18. The van der Waals surface area contributed by atoms with Gasteiger partial charge in [0.2, 0.25) is 0 Å². The van der Waals surface area contributed by atoms with Crippen LogP contribution in [0.3, 0.4) is 0 Å². The Morgan fingerprint density at radius 1 is 1.39 bits per heavy atom. The molecule has 2 rings (SSSR count). The third-order valence-corrected chi connectivity index (χ3v) is 6.24. The number of ether oxygens (including phenoxy) is 2. The van der Waals surface area contributed by atoms with Crippen molar-refractivity contribution in [2.24, 2.45) is 17.8 Å². The number of esters is 1. The van der Waals surface area contributed by atoms with E-state index in [1.54, 1.807) is 0 Å². The molecular weight excluding hydrogens is 380 g/mol. The second-order valence-electron chi connectivity index (χ2n) is 8.08. The summed E-state index contributed by atoms with van der Waals surface area (Å²) in [4.78, 5) is 11.2. The number of carbonyl (C=O) groups excluding carboxylic acids is 1. The molecule has 2 fully saturated rings. The normalized spacial score (nSPS) is 30.4. The van der Waals surface area contributed by atoms with Crippen molar-refractivity contribution in [2.45, 2.75) is 76.6 Å². The highest BCUT2D eigenvalue weighted by molar-refractivity contribution is 6.17. The van der Waals surface area contributed by atoms with Crippen LogP contribution >= 0.6 is 11.6 Å². The third kappa shape index (κ3) is 6.78. The number of carbonyl (C=O) groups is 1. The van der Waals surface area contributed by atoms with Crippen LogP contribution in [0.1, 0.15) is 58.3 Å². The first-order valence-corrected chi connectivity index (χ1v) is 11.0. The predicted molar refractivity (Wildman–Crippen MR) is 110 cm³/mol. The number of unbranched alkanes of at least 4 members (excludes halogenated alkanes) is 2. The molecule has 0 aromatic heterocycles. The number of hydrogen-bond donors (Lipinski definition) is 2. The highest BCUT2D eigenvalue weighted by atomic mass is 35.5. The molecule has 0 spiro atoms.